The number of esters is 1. The molecule has 0 fully saturated rings. The maximum absolute atomic E-state index is 11.6. The fraction of sp³-hybridized carbons (Fsp3) is 0.100. The summed E-state index contributed by atoms with van der Waals surface area (Å²) in [4.78, 5) is 11.6. The van der Waals surface area contributed by atoms with E-state index in [1.54, 1.807) is 11.0 Å². The van der Waals surface area contributed by atoms with Crippen LogP contribution in [0.4, 0.5) is 0 Å². The normalized spacial score (nSPS) is 11.4. The summed E-state index contributed by atoms with van der Waals surface area (Å²) in [6, 6.07) is 3.63. The maximum Gasteiger partial charge on any atom is 0.339 e. The van der Waals surface area contributed by atoms with Gasteiger partial charge in [-0.05, 0) is 55.0 Å². The molecule has 16 heavy (non-hydrogen) atoms. The molecule has 0 aliphatic carbocycles. The van der Waals surface area contributed by atoms with Gasteiger partial charge in [-0.1, -0.05) is 38.5 Å². The third-order valence-corrected chi connectivity index (χ3v) is 4.21. The van der Waals surface area contributed by atoms with Crippen LogP contribution < -0.4 is 4.74 Å². The van der Waals surface area contributed by atoms with Crippen LogP contribution in [0.15, 0.2) is 35.2 Å². The Bertz CT molecular complexity index is 434. The van der Waals surface area contributed by atoms with Crippen LogP contribution in [0.3, 0.4) is 0 Å². The van der Waals surface area contributed by atoms with Crippen molar-refractivity contribution in [3.05, 3.63) is 35.2 Å². The Kier molecular flexibility index (Phi) is 5.97. The van der Waals surface area contributed by atoms with Crippen LogP contribution in [-0.2, 0) is 4.79 Å². The monoisotopic (exact) mass is 522 g/mol. The number of hydrogen-bond acceptors (Lipinski definition) is 2. The molecule has 1 aromatic rings. The van der Waals surface area contributed by atoms with Gasteiger partial charge in [-0.3, -0.25) is 0 Å². The highest BCUT2D eigenvalue weighted by Crippen LogP contribution is 2.36. The molecule has 0 bridgehead atoms. The summed E-state index contributed by atoms with van der Waals surface area (Å²) in [6.07, 6.45) is 0. The third kappa shape index (κ3) is 3.82. The minimum atomic E-state index is -0.363. The van der Waals surface area contributed by atoms with E-state index in [1.165, 1.54) is 0 Å². The minimum absolute atomic E-state index is 0.363. The SMILES string of the molecule is CC(=CI)C(=O)Oc1c(Br)cc(Br)cc1Br. The molecule has 0 aliphatic rings. The predicted octanol–water partition coefficient (Wildman–Crippen LogP) is 5.22. The lowest BCUT2D eigenvalue weighted by molar-refractivity contribution is -0.130. The second-order valence-electron chi connectivity index (χ2n) is 2.88. The molecule has 6 heteroatoms. The van der Waals surface area contributed by atoms with Gasteiger partial charge in [-0.2, -0.15) is 0 Å². The number of carbonyl (C=O) groups is 1. The van der Waals surface area contributed by atoms with E-state index in [-0.39, 0.29) is 5.97 Å². The van der Waals surface area contributed by atoms with E-state index in [4.69, 9.17) is 4.74 Å². The number of carbonyl (C=O) groups excluding carboxylic acids is 1. The van der Waals surface area contributed by atoms with Gasteiger partial charge in [0.1, 0.15) is 0 Å². The quantitative estimate of drug-likeness (QED) is 0.230. The number of ether oxygens (including phenoxy) is 1. The Morgan fingerprint density at radius 1 is 1.31 bits per heavy atom. The van der Waals surface area contributed by atoms with Gasteiger partial charge in [0.2, 0.25) is 0 Å². The first-order valence-corrected chi connectivity index (χ1v) is 7.72. The zero-order valence-electron chi connectivity index (χ0n) is 8.06. The maximum atomic E-state index is 11.6. The Balaban J connectivity index is 3.03. The third-order valence-electron chi connectivity index (χ3n) is 1.64. The standard InChI is InChI=1S/C10H6Br3IO2/c1-5(4-14)10(15)16-9-7(12)2-6(11)3-8(9)13/h2-4H,1H3. The molecule has 0 unspecified atom stereocenters. The molecular weight excluding hydrogens is 519 g/mol. The first-order chi connectivity index (χ1) is 7.45. The Labute approximate surface area is 132 Å². The Morgan fingerprint density at radius 3 is 2.25 bits per heavy atom. The van der Waals surface area contributed by atoms with E-state index in [0.717, 1.165) is 4.47 Å². The van der Waals surface area contributed by atoms with Crippen molar-refractivity contribution in [2.45, 2.75) is 6.92 Å². The zero-order chi connectivity index (χ0) is 12.3. The molecule has 0 radical (unpaired) electrons. The van der Waals surface area contributed by atoms with Crippen LogP contribution in [0.25, 0.3) is 0 Å². The summed E-state index contributed by atoms with van der Waals surface area (Å²) in [5.41, 5.74) is 0.558. The molecule has 0 atom stereocenters. The molecule has 0 spiro atoms. The number of hydrogen-bond donors (Lipinski definition) is 0. The lowest BCUT2D eigenvalue weighted by atomic mass is 10.3. The topological polar surface area (TPSA) is 26.3 Å². The zero-order valence-corrected chi connectivity index (χ0v) is 15.0. The van der Waals surface area contributed by atoms with Gasteiger partial charge in [0, 0.05) is 10.0 Å². The van der Waals surface area contributed by atoms with Gasteiger partial charge in [-0.15, -0.1) is 0 Å². The van der Waals surface area contributed by atoms with Crippen molar-refractivity contribution in [2.75, 3.05) is 0 Å². The number of halogens is 4. The van der Waals surface area contributed by atoms with E-state index in [9.17, 15) is 4.79 Å². The number of benzene rings is 1. The molecule has 0 heterocycles. The van der Waals surface area contributed by atoms with Crippen molar-refractivity contribution in [1.29, 1.82) is 0 Å². The second-order valence-corrected chi connectivity index (χ2v) is 6.13. The number of rotatable bonds is 2. The van der Waals surface area contributed by atoms with Crippen LogP contribution in [0.1, 0.15) is 6.92 Å². The highest BCUT2D eigenvalue weighted by molar-refractivity contribution is 14.1. The van der Waals surface area contributed by atoms with Gasteiger partial charge < -0.3 is 4.74 Å². The molecule has 0 aliphatic heterocycles. The van der Waals surface area contributed by atoms with E-state index in [2.05, 4.69) is 47.8 Å². The average Bonchev–Trinajstić information content (AvgIpc) is 2.21. The fourth-order valence-corrected chi connectivity index (χ4v) is 3.52. The molecule has 1 rings (SSSR count). The lowest BCUT2D eigenvalue weighted by Crippen LogP contribution is -2.09. The molecular formula is C10H6Br3IO2. The fourth-order valence-electron chi connectivity index (χ4n) is 0.844. The molecule has 2 nitrogen and oxygen atoms in total. The summed E-state index contributed by atoms with van der Waals surface area (Å²) in [7, 11) is 0. The average molecular weight is 525 g/mol. The van der Waals surface area contributed by atoms with Crippen molar-refractivity contribution in [3.8, 4) is 5.75 Å². The van der Waals surface area contributed by atoms with Crippen molar-refractivity contribution in [1.82, 2.24) is 0 Å². The molecule has 1 aromatic carbocycles. The van der Waals surface area contributed by atoms with Gasteiger partial charge in [0.25, 0.3) is 0 Å². The van der Waals surface area contributed by atoms with Gasteiger partial charge in [-0.25, -0.2) is 4.79 Å². The first kappa shape index (κ1) is 14.7. The van der Waals surface area contributed by atoms with E-state index in [1.807, 2.05) is 34.7 Å². The van der Waals surface area contributed by atoms with E-state index < -0.39 is 0 Å². The van der Waals surface area contributed by atoms with Crippen LogP contribution in [-0.4, -0.2) is 5.97 Å². The summed E-state index contributed by atoms with van der Waals surface area (Å²) in [5.74, 6) is 0.115. The summed E-state index contributed by atoms with van der Waals surface area (Å²) in [5, 5.41) is 0. The minimum Gasteiger partial charge on any atom is -0.421 e. The highest BCUT2D eigenvalue weighted by Gasteiger charge is 2.13. The molecule has 0 amide bonds. The van der Waals surface area contributed by atoms with Crippen molar-refractivity contribution in [2.24, 2.45) is 0 Å². The first-order valence-electron chi connectivity index (χ1n) is 4.09. The molecule has 86 valence electrons. The Morgan fingerprint density at radius 2 is 1.81 bits per heavy atom. The molecule has 0 saturated carbocycles. The lowest BCUT2D eigenvalue weighted by Gasteiger charge is -2.09. The van der Waals surface area contributed by atoms with Crippen LogP contribution in [0.2, 0.25) is 0 Å². The van der Waals surface area contributed by atoms with Crippen molar-refractivity contribution < 1.29 is 9.53 Å². The van der Waals surface area contributed by atoms with Crippen molar-refractivity contribution in [3.63, 3.8) is 0 Å². The van der Waals surface area contributed by atoms with E-state index in [0.29, 0.717) is 20.3 Å². The van der Waals surface area contributed by atoms with Crippen LogP contribution in [0.5, 0.6) is 5.75 Å². The largest absolute Gasteiger partial charge is 0.421 e. The molecule has 0 saturated heterocycles. The summed E-state index contributed by atoms with van der Waals surface area (Å²) in [6.45, 7) is 1.70. The Hall–Kier alpha value is 0.600. The molecule has 0 aromatic heterocycles. The van der Waals surface area contributed by atoms with Gasteiger partial charge in [0.15, 0.2) is 5.75 Å². The van der Waals surface area contributed by atoms with Crippen LogP contribution in [0, 0.1) is 0 Å². The molecule has 0 N–H and O–H groups in total. The van der Waals surface area contributed by atoms with Gasteiger partial charge in [0.05, 0.1) is 8.95 Å². The predicted molar refractivity (Wildman–Crippen MR) is 83.0 cm³/mol. The van der Waals surface area contributed by atoms with Gasteiger partial charge >= 0.3 is 5.97 Å². The smallest absolute Gasteiger partial charge is 0.339 e. The second kappa shape index (κ2) is 6.51. The van der Waals surface area contributed by atoms with E-state index >= 15 is 0 Å². The van der Waals surface area contributed by atoms with Crippen LogP contribution >= 0.6 is 70.4 Å². The van der Waals surface area contributed by atoms with Crippen molar-refractivity contribution >= 4 is 76.4 Å². The highest BCUT2D eigenvalue weighted by atomic mass is 127. The summed E-state index contributed by atoms with van der Waals surface area (Å²) >= 11 is 12.0. The summed E-state index contributed by atoms with van der Waals surface area (Å²) < 4.78 is 9.26.